The Morgan fingerprint density at radius 2 is 1.84 bits per heavy atom. The summed E-state index contributed by atoms with van der Waals surface area (Å²) in [7, 11) is 0. The Morgan fingerprint density at radius 1 is 1.16 bits per heavy atom. The highest BCUT2D eigenvalue weighted by atomic mass is 16.4. The largest absolute Gasteiger partial charge is 0.481 e. The fraction of sp³-hybridized carbons (Fsp3) is 0.867. The first-order valence-corrected chi connectivity index (χ1v) is 7.49. The maximum absolute atomic E-state index is 12.2. The van der Waals surface area contributed by atoms with Gasteiger partial charge < -0.3 is 10.4 Å². The molecule has 5 atom stereocenters. The highest BCUT2D eigenvalue weighted by Gasteiger charge is 2.41. The summed E-state index contributed by atoms with van der Waals surface area (Å²) in [5.74, 6) is -0.0961. The highest BCUT2D eigenvalue weighted by molar-refractivity contribution is 5.85. The molecule has 4 nitrogen and oxygen atoms in total. The van der Waals surface area contributed by atoms with Crippen LogP contribution in [0.3, 0.4) is 0 Å². The second-order valence-electron chi connectivity index (χ2n) is 6.54. The van der Waals surface area contributed by atoms with Crippen LogP contribution in [0.2, 0.25) is 0 Å². The lowest BCUT2D eigenvalue weighted by Gasteiger charge is -2.19. The number of hydrogen-bond acceptors (Lipinski definition) is 2. The summed E-state index contributed by atoms with van der Waals surface area (Å²) in [4.78, 5) is 23.4. The second kappa shape index (κ2) is 5.93. The van der Waals surface area contributed by atoms with Crippen LogP contribution in [-0.4, -0.2) is 23.5 Å². The van der Waals surface area contributed by atoms with Crippen molar-refractivity contribution in [2.45, 2.75) is 46.0 Å². The summed E-state index contributed by atoms with van der Waals surface area (Å²) < 4.78 is 0. The zero-order valence-corrected chi connectivity index (χ0v) is 11.9. The molecular formula is C15H25NO3. The van der Waals surface area contributed by atoms with Crippen molar-refractivity contribution in [1.82, 2.24) is 5.32 Å². The number of carbonyl (C=O) groups is 2. The normalized spacial score (nSPS) is 38.3. The van der Waals surface area contributed by atoms with Gasteiger partial charge in [0.2, 0.25) is 5.91 Å². The van der Waals surface area contributed by atoms with E-state index in [1.807, 2.05) is 6.92 Å². The van der Waals surface area contributed by atoms with E-state index in [9.17, 15) is 14.7 Å². The van der Waals surface area contributed by atoms with Crippen molar-refractivity contribution in [1.29, 1.82) is 0 Å². The molecular weight excluding hydrogens is 242 g/mol. The van der Waals surface area contributed by atoms with E-state index in [-0.39, 0.29) is 11.8 Å². The van der Waals surface area contributed by atoms with Crippen LogP contribution in [0.15, 0.2) is 0 Å². The number of nitrogens with one attached hydrogen (secondary N) is 1. The summed E-state index contributed by atoms with van der Waals surface area (Å²) in [6.07, 6.45) is 5.03. The van der Waals surface area contributed by atoms with E-state index in [4.69, 9.17) is 0 Å². The van der Waals surface area contributed by atoms with Crippen LogP contribution in [0.25, 0.3) is 0 Å². The molecule has 2 rings (SSSR count). The van der Waals surface area contributed by atoms with Crippen LogP contribution in [0.5, 0.6) is 0 Å². The molecule has 0 heterocycles. The summed E-state index contributed by atoms with van der Waals surface area (Å²) in [6, 6.07) is 0. The molecule has 0 aromatic carbocycles. The SMILES string of the molecule is CC1C[C@H](C(=O)NCC2CCCC2C)[C@H](C(=O)O)C1. The molecule has 4 heteroatoms. The van der Waals surface area contributed by atoms with Gasteiger partial charge in [-0.2, -0.15) is 0 Å². The molecule has 2 aliphatic rings. The van der Waals surface area contributed by atoms with Gasteiger partial charge in [-0.15, -0.1) is 0 Å². The van der Waals surface area contributed by atoms with Crippen LogP contribution in [-0.2, 0) is 9.59 Å². The number of carbonyl (C=O) groups excluding carboxylic acids is 1. The fourth-order valence-corrected chi connectivity index (χ4v) is 3.74. The van der Waals surface area contributed by atoms with Gasteiger partial charge >= 0.3 is 5.97 Å². The van der Waals surface area contributed by atoms with Crippen molar-refractivity contribution in [2.24, 2.45) is 29.6 Å². The van der Waals surface area contributed by atoms with E-state index in [0.29, 0.717) is 30.6 Å². The van der Waals surface area contributed by atoms with Gasteiger partial charge in [0, 0.05) is 6.54 Å². The lowest BCUT2D eigenvalue weighted by molar-refractivity contribution is -0.146. The Morgan fingerprint density at radius 3 is 2.42 bits per heavy atom. The van der Waals surface area contributed by atoms with Gasteiger partial charge in [-0.1, -0.05) is 26.7 Å². The fourth-order valence-electron chi connectivity index (χ4n) is 3.74. The molecule has 2 N–H and O–H groups in total. The lowest BCUT2D eigenvalue weighted by Crippen LogP contribution is -2.38. The Kier molecular flexibility index (Phi) is 4.48. The van der Waals surface area contributed by atoms with Crippen LogP contribution in [0.1, 0.15) is 46.0 Å². The van der Waals surface area contributed by atoms with E-state index in [0.717, 1.165) is 6.54 Å². The first-order chi connectivity index (χ1) is 8.99. The number of carboxylic acid groups (broad SMARTS) is 1. The summed E-state index contributed by atoms with van der Waals surface area (Å²) in [5.41, 5.74) is 0. The Bertz CT molecular complexity index is 355. The molecule has 1 amide bonds. The molecule has 2 aliphatic carbocycles. The van der Waals surface area contributed by atoms with Crippen molar-refractivity contribution in [3.63, 3.8) is 0 Å². The van der Waals surface area contributed by atoms with Gasteiger partial charge in [-0.05, 0) is 37.0 Å². The minimum Gasteiger partial charge on any atom is -0.481 e. The average Bonchev–Trinajstić information content (AvgIpc) is 2.92. The number of aliphatic carboxylic acids is 1. The third-order valence-electron chi connectivity index (χ3n) is 5.03. The van der Waals surface area contributed by atoms with Crippen LogP contribution < -0.4 is 5.32 Å². The van der Waals surface area contributed by atoms with Crippen molar-refractivity contribution >= 4 is 11.9 Å². The molecule has 0 radical (unpaired) electrons. The predicted molar refractivity (Wildman–Crippen MR) is 72.5 cm³/mol. The van der Waals surface area contributed by atoms with Crippen molar-refractivity contribution in [2.75, 3.05) is 6.54 Å². The first kappa shape index (κ1) is 14.4. The highest BCUT2D eigenvalue weighted by Crippen LogP contribution is 2.37. The van der Waals surface area contributed by atoms with E-state index < -0.39 is 11.9 Å². The summed E-state index contributed by atoms with van der Waals surface area (Å²) in [5, 5.41) is 12.2. The van der Waals surface area contributed by atoms with Gasteiger partial charge in [0.1, 0.15) is 0 Å². The molecule has 3 unspecified atom stereocenters. The maximum atomic E-state index is 12.2. The van der Waals surface area contributed by atoms with Crippen LogP contribution in [0, 0.1) is 29.6 Å². The maximum Gasteiger partial charge on any atom is 0.307 e. The second-order valence-corrected chi connectivity index (χ2v) is 6.54. The first-order valence-electron chi connectivity index (χ1n) is 7.49. The number of carboxylic acids is 1. The van der Waals surface area contributed by atoms with E-state index in [2.05, 4.69) is 12.2 Å². The monoisotopic (exact) mass is 267 g/mol. The summed E-state index contributed by atoms with van der Waals surface area (Å²) >= 11 is 0. The number of amides is 1. The van der Waals surface area contributed by atoms with Gasteiger partial charge in [0.25, 0.3) is 0 Å². The zero-order valence-electron chi connectivity index (χ0n) is 11.9. The number of hydrogen-bond donors (Lipinski definition) is 2. The third-order valence-corrected chi connectivity index (χ3v) is 5.03. The molecule has 2 saturated carbocycles. The minimum atomic E-state index is -0.821. The molecule has 108 valence electrons. The molecule has 0 aromatic heterocycles. The predicted octanol–water partition coefficient (Wildman–Crippen LogP) is 2.29. The Labute approximate surface area is 115 Å². The third kappa shape index (κ3) is 3.28. The molecule has 0 aromatic rings. The van der Waals surface area contributed by atoms with Gasteiger partial charge in [0.15, 0.2) is 0 Å². The molecule has 0 bridgehead atoms. The van der Waals surface area contributed by atoms with Gasteiger partial charge in [-0.3, -0.25) is 9.59 Å². The van der Waals surface area contributed by atoms with Crippen molar-refractivity contribution in [3.05, 3.63) is 0 Å². The molecule has 0 spiro atoms. The van der Waals surface area contributed by atoms with E-state index in [1.165, 1.54) is 19.3 Å². The van der Waals surface area contributed by atoms with E-state index >= 15 is 0 Å². The van der Waals surface area contributed by atoms with Crippen molar-refractivity contribution < 1.29 is 14.7 Å². The quantitative estimate of drug-likeness (QED) is 0.821. The van der Waals surface area contributed by atoms with Crippen molar-refractivity contribution in [3.8, 4) is 0 Å². The Balaban J connectivity index is 1.86. The van der Waals surface area contributed by atoms with Crippen LogP contribution in [0.4, 0.5) is 0 Å². The van der Waals surface area contributed by atoms with Gasteiger partial charge in [0.05, 0.1) is 11.8 Å². The smallest absolute Gasteiger partial charge is 0.307 e. The Hall–Kier alpha value is -1.06. The molecule has 0 aliphatic heterocycles. The molecule has 19 heavy (non-hydrogen) atoms. The molecule has 0 saturated heterocycles. The standard InChI is InChI=1S/C15H25NO3/c1-9-6-12(13(7-9)15(18)19)14(17)16-8-11-5-3-4-10(11)2/h9-13H,3-8H2,1-2H3,(H,16,17)(H,18,19)/t9?,10?,11?,12-,13+/m0/s1. The summed E-state index contributed by atoms with van der Waals surface area (Å²) in [6.45, 7) is 4.99. The number of rotatable bonds is 4. The molecule has 2 fully saturated rings. The van der Waals surface area contributed by atoms with Gasteiger partial charge in [-0.25, -0.2) is 0 Å². The van der Waals surface area contributed by atoms with Crippen LogP contribution >= 0.6 is 0 Å². The topological polar surface area (TPSA) is 66.4 Å². The lowest BCUT2D eigenvalue weighted by atomic mass is 9.94. The minimum absolute atomic E-state index is 0.0455. The zero-order chi connectivity index (χ0) is 14.0. The average molecular weight is 267 g/mol. The van der Waals surface area contributed by atoms with E-state index in [1.54, 1.807) is 0 Å².